The van der Waals surface area contributed by atoms with Crippen molar-refractivity contribution >= 4 is 0 Å². The summed E-state index contributed by atoms with van der Waals surface area (Å²) in [6, 6.07) is 0. The van der Waals surface area contributed by atoms with E-state index in [1.54, 1.807) is 0 Å². The summed E-state index contributed by atoms with van der Waals surface area (Å²) in [5, 5.41) is 1.82. The molecule has 0 amide bonds. The lowest BCUT2D eigenvalue weighted by Crippen LogP contribution is -2.37. The van der Waals surface area contributed by atoms with Crippen LogP contribution in [0.5, 0.6) is 0 Å². The Labute approximate surface area is 82.2 Å². The lowest BCUT2D eigenvalue weighted by atomic mass is 9.96. The third kappa shape index (κ3) is 6.99. The van der Waals surface area contributed by atoms with E-state index >= 15 is 0 Å². The Kier molecular flexibility index (Phi) is 5.53. The number of hydroxylamine groups is 2. The quantitative estimate of drug-likeness (QED) is 0.644. The molecule has 0 saturated carbocycles. The Hall–Kier alpha value is -0.120. The van der Waals surface area contributed by atoms with Gasteiger partial charge in [0.05, 0.1) is 5.60 Å². The van der Waals surface area contributed by atoms with Crippen molar-refractivity contribution in [3.63, 3.8) is 0 Å². The minimum Gasteiger partial charge on any atom is -0.329 e. The van der Waals surface area contributed by atoms with Gasteiger partial charge < -0.3 is 5.73 Å². The third-order valence-electron chi connectivity index (χ3n) is 1.75. The average Bonchev–Trinajstić information content (AvgIpc) is 1.81. The predicted molar refractivity (Wildman–Crippen MR) is 56.3 cm³/mol. The van der Waals surface area contributed by atoms with Crippen LogP contribution < -0.4 is 5.73 Å². The van der Waals surface area contributed by atoms with Crippen LogP contribution in [0.25, 0.3) is 0 Å². The number of hydrogen-bond donors (Lipinski definition) is 1. The van der Waals surface area contributed by atoms with Crippen molar-refractivity contribution in [1.82, 2.24) is 5.06 Å². The maximum atomic E-state index is 5.74. The molecule has 0 fully saturated rings. The van der Waals surface area contributed by atoms with E-state index in [0.717, 1.165) is 13.0 Å². The van der Waals surface area contributed by atoms with Gasteiger partial charge in [-0.3, -0.25) is 4.84 Å². The second-order valence-electron chi connectivity index (χ2n) is 4.59. The first-order valence-corrected chi connectivity index (χ1v) is 4.97. The Morgan fingerprint density at radius 1 is 1.38 bits per heavy atom. The van der Waals surface area contributed by atoms with Gasteiger partial charge in [0, 0.05) is 20.1 Å². The molecule has 0 heterocycles. The zero-order valence-electron chi connectivity index (χ0n) is 9.63. The maximum Gasteiger partial charge on any atom is 0.0846 e. The van der Waals surface area contributed by atoms with Crippen molar-refractivity contribution in [2.24, 2.45) is 11.7 Å². The topological polar surface area (TPSA) is 38.5 Å². The lowest BCUT2D eigenvalue weighted by Gasteiger charge is -2.31. The van der Waals surface area contributed by atoms with Crippen LogP contribution >= 0.6 is 0 Å². The van der Waals surface area contributed by atoms with E-state index in [1.807, 2.05) is 12.1 Å². The zero-order valence-corrected chi connectivity index (χ0v) is 9.63. The fraction of sp³-hybridized carbons (Fsp3) is 1.00. The molecule has 2 N–H and O–H groups in total. The van der Waals surface area contributed by atoms with Crippen molar-refractivity contribution in [3.8, 4) is 0 Å². The van der Waals surface area contributed by atoms with E-state index in [9.17, 15) is 0 Å². The van der Waals surface area contributed by atoms with E-state index in [2.05, 4.69) is 27.7 Å². The average molecular weight is 188 g/mol. The number of nitrogens with two attached hydrogens (primary N) is 1. The number of rotatable bonds is 6. The van der Waals surface area contributed by atoms with E-state index < -0.39 is 0 Å². The van der Waals surface area contributed by atoms with Crippen LogP contribution in [-0.2, 0) is 4.84 Å². The Balaban J connectivity index is 3.85. The molecule has 0 bridgehead atoms. The summed E-state index contributed by atoms with van der Waals surface area (Å²) in [6.07, 6.45) is 1.06. The Bertz CT molecular complexity index is 135. The molecule has 0 aromatic heterocycles. The van der Waals surface area contributed by atoms with Gasteiger partial charge in [-0.05, 0) is 26.2 Å². The highest BCUT2D eigenvalue weighted by molar-refractivity contribution is 4.69. The van der Waals surface area contributed by atoms with Gasteiger partial charge >= 0.3 is 0 Å². The minimum absolute atomic E-state index is 0.0852. The summed E-state index contributed by atoms with van der Waals surface area (Å²) in [5.41, 5.74) is 5.34. The highest BCUT2D eigenvalue weighted by Crippen LogP contribution is 2.20. The maximum absolute atomic E-state index is 5.74. The first-order valence-electron chi connectivity index (χ1n) is 4.97. The second kappa shape index (κ2) is 5.58. The van der Waals surface area contributed by atoms with Gasteiger partial charge in [0.1, 0.15) is 0 Å². The number of likely N-dealkylation sites (N-methyl/N-ethyl adjacent to an activating group) is 1. The summed E-state index contributed by atoms with van der Waals surface area (Å²) >= 11 is 0. The number of nitrogens with zero attached hydrogens (tertiary/aromatic N) is 1. The Morgan fingerprint density at radius 2 is 1.92 bits per heavy atom. The van der Waals surface area contributed by atoms with E-state index in [4.69, 9.17) is 10.6 Å². The fourth-order valence-electron chi connectivity index (χ4n) is 1.67. The lowest BCUT2D eigenvalue weighted by molar-refractivity contribution is -0.224. The van der Waals surface area contributed by atoms with Crippen LogP contribution in [0.3, 0.4) is 0 Å². The van der Waals surface area contributed by atoms with Crippen LogP contribution in [0.4, 0.5) is 0 Å². The molecule has 3 nitrogen and oxygen atoms in total. The van der Waals surface area contributed by atoms with Crippen LogP contribution in [0.15, 0.2) is 0 Å². The van der Waals surface area contributed by atoms with E-state index in [0.29, 0.717) is 12.5 Å². The highest BCUT2D eigenvalue weighted by Gasteiger charge is 2.22. The van der Waals surface area contributed by atoms with E-state index in [-0.39, 0.29) is 5.60 Å². The monoisotopic (exact) mass is 188 g/mol. The summed E-state index contributed by atoms with van der Waals surface area (Å²) in [7, 11) is 1.93. The first kappa shape index (κ1) is 12.9. The molecule has 0 aromatic carbocycles. The van der Waals surface area contributed by atoms with Gasteiger partial charge in [-0.1, -0.05) is 13.8 Å². The van der Waals surface area contributed by atoms with Crippen LogP contribution in [0.2, 0.25) is 0 Å². The van der Waals surface area contributed by atoms with Gasteiger partial charge in [0.15, 0.2) is 0 Å². The molecule has 0 aliphatic heterocycles. The standard InChI is InChI=1S/C10H24N2O/c1-9(2)8-10(3,4)13-12(5)7-6-11/h9H,6-8,11H2,1-5H3. The molecule has 0 spiro atoms. The van der Waals surface area contributed by atoms with Crippen molar-refractivity contribution in [3.05, 3.63) is 0 Å². The van der Waals surface area contributed by atoms with Crippen molar-refractivity contribution in [2.75, 3.05) is 20.1 Å². The summed E-state index contributed by atoms with van der Waals surface area (Å²) in [5.74, 6) is 0.654. The van der Waals surface area contributed by atoms with Crippen molar-refractivity contribution in [2.45, 2.75) is 39.7 Å². The Morgan fingerprint density at radius 3 is 2.31 bits per heavy atom. The molecular weight excluding hydrogens is 164 g/mol. The van der Waals surface area contributed by atoms with Gasteiger partial charge in [0.25, 0.3) is 0 Å². The fourth-order valence-corrected chi connectivity index (χ4v) is 1.67. The molecule has 0 aliphatic carbocycles. The van der Waals surface area contributed by atoms with E-state index in [1.165, 1.54) is 0 Å². The molecule has 80 valence electrons. The predicted octanol–water partition coefficient (Wildman–Crippen LogP) is 1.63. The van der Waals surface area contributed by atoms with Crippen LogP contribution in [-0.4, -0.2) is 30.8 Å². The molecule has 0 aliphatic rings. The summed E-state index contributed by atoms with van der Waals surface area (Å²) in [6.45, 7) is 10.0. The SMILES string of the molecule is CC(C)CC(C)(C)ON(C)CCN. The molecule has 13 heavy (non-hydrogen) atoms. The summed E-state index contributed by atoms with van der Waals surface area (Å²) < 4.78 is 0. The van der Waals surface area contributed by atoms with Crippen molar-refractivity contribution < 1.29 is 4.84 Å². The third-order valence-corrected chi connectivity index (χ3v) is 1.75. The van der Waals surface area contributed by atoms with Crippen LogP contribution in [0, 0.1) is 5.92 Å². The summed E-state index contributed by atoms with van der Waals surface area (Å²) in [4.78, 5) is 5.74. The first-order chi connectivity index (χ1) is 5.87. The largest absolute Gasteiger partial charge is 0.329 e. The normalized spacial score (nSPS) is 12.9. The van der Waals surface area contributed by atoms with Gasteiger partial charge in [0.2, 0.25) is 0 Å². The molecule has 0 aromatic rings. The van der Waals surface area contributed by atoms with Gasteiger partial charge in [-0.2, -0.15) is 5.06 Å². The van der Waals surface area contributed by atoms with Gasteiger partial charge in [-0.15, -0.1) is 0 Å². The number of hydrogen-bond acceptors (Lipinski definition) is 3. The van der Waals surface area contributed by atoms with Gasteiger partial charge in [-0.25, -0.2) is 0 Å². The molecule has 0 atom stereocenters. The molecule has 0 radical (unpaired) electrons. The van der Waals surface area contributed by atoms with Crippen molar-refractivity contribution in [1.29, 1.82) is 0 Å². The zero-order chi connectivity index (χ0) is 10.5. The van der Waals surface area contributed by atoms with Crippen LogP contribution in [0.1, 0.15) is 34.1 Å². The molecule has 0 unspecified atom stereocenters. The molecular formula is C10H24N2O. The smallest absolute Gasteiger partial charge is 0.0846 e. The molecule has 0 saturated heterocycles. The molecule has 3 heteroatoms. The highest BCUT2D eigenvalue weighted by atomic mass is 16.7. The molecule has 0 rings (SSSR count). The minimum atomic E-state index is -0.0852. The second-order valence-corrected chi connectivity index (χ2v) is 4.59.